The van der Waals surface area contributed by atoms with Crippen LogP contribution in [0.15, 0.2) is 65.8 Å². The molecule has 6 nitrogen and oxygen atoms in total. The van der Waals surface area contributed by atoms with E-state index in [2.05, 4.69) is 25.7 Å². The van der Waals surface area contributed by atoms with Crippen LogP contribution in [0, 0.1) is 6.92 Å². The first kappa shape index (κ1) is 15.8. The number of benzene rings is 2. The number of nitrogens with one attached hydrogen (secondary N) is 3. The monoisotopic (exact) mass is 343 g/mol. The number of aromatic nitrogens is 3. The molecule has 3 N–H and O–H groups in total. The topological polar surface area (TPSA) is 85.9 Å². The number of carbonyl (C=O) groups is 1. The van der Waals surface area contributed by atoms with Gasteiger partial charge in [-0.3, -0.25) is 9.89 Å². The Bertz CT molecular complexity index is 1090. The van der Waals surface area contributed by atoms with E-state index >= 15 is 0 Å². The van der Waals surface area contributed by atoms with Crippen LogP contribution in [-0.2, 0) is 0 Å². The first-order valence-electron chi connectivity index (χ1n) is 8.24. The summed E-state index contributed by atoms with van der Waals surface area (Å²) in [6.45, 7) is 1.98. The van der Waals surface area contributed by atoms with Gasteiger partial charge >= 0.3 is 0 Å². The van der Waals surface area contributed by atoms with E-state index in [-0.39, 0.29) is 5.91 Å². The Kier molecular flexibility index (Phi) is 4.07. The van der Waals surface area contributed by atoms with Gasteiger partial charge in [-0.05, 0) is 19.1 Å². The molecule has 0 fully saturated rings. The van der Waals surface area contributed by atoms with Crippen LogP contribution in [0.3, 0.4) is 0 Å². The highest BCUT2D eigenvalue weighted by Crippen LogP contribution is 2.20. The fraction of sp³-hybridized carbons (Fsp3) is 0.0500. The van der Waals surface area contributed by atoms with Gasteiger partial charge in [0.15, 0.2) is 0 Å². The highest BCUT2D eigenvalue weighted by molar-refractivity contribution is 6.01. The summed E-state index contributed by atoms with van der Waals surface area (Å²) in [6.07, 6.45) is 1.65. The second kappa shape index (κ2) is 6.68. The van der Waals surface area contributed by atoms with Gasteiger partial charge in [0, 0.05) is 27.7 Å². The molecule has 0 atom stereocenters. The maximum atomic E-state index is 12.3. The zero-order valence-electron chi connectivity index (χ0n) is 14.2. The van der Waals surface area contributed by atoms with E-state index in [0.717, 1.165) is 27.7 Å². The third-order valence-electron chi connectivity index (χ3n) is 4.20. The lowest BCUT2D eigenvalue weighted by Gasteiger charge is -1.96. The number of hydrogen-bond acceptors (Lipinski definition) is 3. The Labute approximate surface area is 150 Å². The zero-order chi connectivity index (χ0) is 17.9. The van der Waals surface area contributed by atoms with Crippen LogP contribution in [0.1, 0.15) is 21.7 Å². The van der Waals surface area contributed by atoms with E-state index < -0.39 is 0 Å². The first-order chi connectivity index (χ1) is 12.7. The van der Waals surface area contributed by atoms with Gasteiger partial charge in [-0.1, -0.05) is 48.5 Å². The fourth-order valence-electron chi connectivity index (χ4n) is 2.88. The Morgan fingerprint density at radius 3 is 2.73 bits per heavy atom. The third-order valence-corrected chi connectivity index (χ3v) is 4.20. The van der Waals surface area contributed by atoms with Crippen molar-refractivity contribution in [2.75, 3.05) is 0 Å². The Morgan fingerprint density at radius 2 is 1.88 bits per heavy atom. The summed E-state index contributed by atoms with van der Waals surface area (Å²) in [5, 5.41) is 12.1. The number of hydrogen-bond donors (Lipinski definition) is 3. The number of hydrazone groups is 1. The molecule has 0 aliphatic rings. The highest BCUT2D eigenvalue weighted by atomic mass is 16.2. The van der Waals surface area contributed by atoms with Gasteiger partial charge in [-0.2, -0.15) is 10.2 Å². The molecule has 4 rings (SSSR count). The van der Waals surface area contributed by atoms with Gasteiger partial charge in [0.1, 0.15) is 5.69 Å². The standard InChI is InChI=1S/C20H17N5O/c1-13-16(15-9-5-6-10-17(15)22-13)12-21-25-20(26)19-11-18(23-24-19)14-7-3-2-4-8-14/h2-12,22H,1H3,(H,23,24)(H,25,26)/b21-12-. The van der Waals surface area contributed by atoms with Crippen molar-refractivity contribution in [2.24, 2.45) is 5.10 Å². The maximum Gasteiger partial charge on any atom is 0.289 e. The van der Waals surface area contributed by atoms with Gasteiger partial charge < -0.3 is 4.98 Å². The third kappa shape index (κ3) is 3.00. The number of nitrogens with zero attached hydrogens (tertiary/aromatic N) is 2. The number of carbonyl (C=O) groups excluding carboxylic acids is 1. The lowest BCUT2D eigenvalue weighted by molar-refractivity contribution is 0.0950. The van der Waals surface area contributed by atoms with Crippen LogP contribution in [0.5, 0.6) is 0 Å². The molecule has 0 spiro atoms. The van der Waals surface area contributed by atoms with Crippen molar-refractivity contribution in [2.45, 2.75) is 6.92 Å². The Hall–Kier alpha value is -3.67. The molecule has 4 aromatic rings. The number of H-pyrrole nitrogens is 2. The largest absolute Gasteiger partial charge is 0.358 e. The molecule has 128 valence electrons. The molecular weight excluding hydrogens is 326 g/mol. The maximum absolute atomic E-state index is 12.3. The van der Waals surface area contributed by atoms with Crippen LogP contribution in [0.25, 0.3) is 22.2 Å². The average molecular weight is 343 g/mol. The van der Waals surface area contributed by atoms with E-state index in [1.807, 2.05) is 61.5 Å². The summed E-state index contributed by atoms with van der Waals surface area (Å²) >= 11 is 0. The number of aromatic amines is 2. The summed E-state index contributed by atoms with van der Waals surface area (Å²) in [7, 11) is 0. The summed E-state index contributed by atoms with van der Waals surface area (Å²) in [4.78, 5) is 15.6. The lowest BCUT2D eigenvalue weighted by atomic mass is 10.1. The molecule has 0 bridgehead atoms. The van der Waals surface area contributed by atoms with Crippen molar-refractivity contribution in [3.63, 3.8) is 0 Å². The van der Waals surface area contributed by atoms with Crippen molar-refractivity contribution in [1.29, 1.82) is 0 Å². The number of amides is 1. The number of para-hydroxylation sites is 1. The molecule has 0 saturated carbocycles. The minimum Gasteiger partial charge on any atom is -0.358 e. The molecule has 1 amide bonds. The van der Waals surface area contributed by atoms with Crippen LogP contribution in [0.2, 0.25) is 0 Å². The molecule has 2 aromatic heterocycles. The van der Waals surface area contributed by atoms with Crippen LogP contribution < -0.4 is 5.43 Å². The number of fused-ring (bicyclic) bond motifs is 1. The number of aryl methyl sites for hydroxylation is 1. The second-order valence-corrected chi connectivity index (χ2v) is 5.94. The van der Waals surface area contributed by atoms with Crippen molar-refractivity contribution in [3.05, 3.63) is 77.6 Å². The SMILES string of the molecule is Cc1[nH]c2ccccc2c1/C=N\NC(=O)c1cc(-c2ccccc2)n[nH]1. The van der Waals surface area contributed by atoms with Crippen molar-refractivity contribution in [1.82, 2.24) is 20.6 Å². The molecule has 26 heavy (non-hydrogen) atoms. The summed E-state index contributed by atoms with van der Waals surface area (Å²) in [5.41, 5.74) is 7.55. The van der Waals surface area contributed by atoms with Crippen LogP contribution in [0.4, 0.5) is 0 Å². The molecule has 0 aliphatic carbocycles. The zero-order valence-corrected chi connectivity index (χ0v) is 14.2. The van der Waals surface area contributed by atoms with E-state index in [9.17, 15) is 4.79 Å². The predicted octanol–water partition coefficient (Wildman–Crippen LogP) is 3.63. The quantitative estimate of drug-likeness (QED) is 0.390. The van der Waals surface area contributed by atoms with Gasteiger partial charge in [0.05, 0.1) is 11.9 Å². The summed E-state index contributed by atoms with van der Waals surface area (Å²) < 4.78 is 0. The van der Waals surface area contributed by atoms with Gasteiger partial charge in [-0.15, -0.1) is 0 Å². The first-order valence-corrected chi connectivity index (χ1v) is 8.24. The van der Waals surface area contributed by atoms with E-state index in [0.29, 0.717) is 11.4 Å². The smallest absolute Gasteiger partial charge is 0.289 e. The Balaban J connectivity index is 1.49. The van der Waals surface area contributed by atoms with Crippen molar-refractivity contribution in [3.8, 4) is 11.3 Å². The Morgan fingerprint density at radius 1 is 1.12 bits per heavy atom. The van der Waals surface area contributed by atoms with Gasteiger partial charge in [0.25, 0.3) is 5.91 Å². The van der Waals surface area contributed by atoms with E-state index in [1.54, 1.807) is 12.3 Å². The minimum atomic E-state index is -0.339. The molecular formula is C20H17N5O. The molecule has 0 saturated heterocycles. The lowest BCUT2D eigenvalue weighted by Crippen LogP contribution is -2.18. The normalized spacial score (nSPS) is 11.3. The van der Waals surface area contributed by atoms with Crippen molar-refractivity contribution < 1.29 is 4.79 Å². The van der Waals surface area contributed by atoms with E-state index in [4.69, 9.17) is 0 Å². The van der Waals surface area contributed by atoms with Gasteiger partial charge in [0.2, 0.25) is 0 Å². The summed E-state index contributed by atoms with van der Waals surface area (Å²) in [6, 6.07) is 19.4. The fourth-order valence-corrected chi connectivity index (χ4v) is 2.88. The molecule has 2 aromatic carbocycles. The average Bonchev–Trinajstić information content (AvgIpc) is 3.28. The van der Waals surface area contributed by atoms with Gasteiger partial charge in [-0.25, -0.2) is 5.43 Å². The molecule has 0 unspecified atom stereocenters. The second-order valence-electron chi connectivity index (χ2n) is 5.94. The summed E-state index contributed by atoms with van der Waals surface area (Å²) in [5.74, 6) is -0.339. The number of rotatable bonds is 4. The van der Waals surface area contributed by atoms with Crippen LogP contribution >= 0.6 is 0 Å². The molecule has 6 heteroatoms. The minimum absolute atomic E-state index is 0.339. The van der Waals surface area contributed by atoms with Crippen molar-refractivity contribution >= 4 is 23.0 Å². The molecule has 0 radical (unpaired) electrons. The van der Waals surface area contributed by atoms with Crippen LogP contribution in [-0.4, -0.2) is 27.3 Å². The molecule has 0 aliphatic heterocycles. The predicted molar refractivity (Wildman–Crippen MR) is 102 cm³/mol. The van der Waals surface area contributed by atoms with E-state index in [1.165, 1.54) is 0 Å². The highest BCUT2D eigenvalue weighted by Gasteiger charge is 2.10. The molecule has 2 heterocycles.